The fraction of sp³-hybridized carbons (Fsp3) is 0.588. The molecule has 1 aromatic rings. The van der Waals surface area contributed by atoms with Crippen LogP contribution in [0.5, 0.6) is 0 Å². The molecule has 1 unspecified atom stereocenters. The number of benzene rings is 1. The molecule has 1 aliphatic heterocycles. The van der Waals surface area contributed by atoms with Gasteiger partial charge in [0.05, 0.1) is 0 Å². The summed E-state index contributed by atoms with van der Waals surface area (Å²) in [7, 11) is -3.34. The van der Waals surface area contributed by atoms with Crippen LogP contribution in [0.1, 0.15) is 43.2 Å². The van der Waals surface area contributed by atoms with E-state index in [2.05, 4.69) is 5.32 Å². The van der Waals surface area contributed by atoms with Crippen molar-refractivity contribution < 1.29 is 13.2 Å². The van der Waals surface area contributed by atoms with Crippen molar-refractivity contribution in [2.24, 2.45) is 0 Å². The molecule has 1 aromatic carbocycles. The Morgan fingerprint density at radius 2 is 1.78 bits per heavy atom. The van der Waals surface area contributed by atoms with Gasteiger partial charge >= 0.3 is 6.03 Å². The molecule has 2 aliphatic rings. The number of sulfone groups is 1. The smallest absolute Gasteiger partial charge is 0.319 e. The lowest BCUT2D eigenvalue weighted by molar-refractivity contribution is 0.176. The number of nitrogens with zero attached hydrogens (tertiary/aromatic N) is 1. The van der Waals surface area contributed by atoms with Crippen LogP contribution in [0.15, 0.2) is 24.3 Å². The van der Waals surface area contributed by atoms with Crippen LogP contribution in [-0.2, 0) is 22.8 Å². The zero-order valence-electron chi connectivity index (χ0n) is 13.5. The largest absolute Gasteiger partial charge is 0.335 e. The summed E-state index contributed by atoms with van der Waals surface area (Å²) in [6.07, 6.45) is 7.03. The molecule has 0 saturated heterocycles. The van der Waals surface area contributed by atoms with Gasteiger partial charge in [-0.25, -0.2) is 13.2 Å². The van der Waals surface area contributed by atoms with Crippen molar-refractivity contribution in [1.82, 2.24) is 10.2 Å². The van der Waals surface area contributed by atoms with Gasteiger partial charge in [0, 0.05) is 25.3 Å². The molecule has 1 fully saturated rings. The van der Waals surface area contributed by atoms with Gasteiger partial charge in [0.15, 0.2) is 9.84 Å². The molecule has 1 heterocycles. The fourth-order valence-electron chi connectivity index (χ4n) is 3.58. The van der Waals surface area contributed by atoms with E-state index in [1.54, 1.807) is 0 Å². The first-order valence-electron chi connectivity index (χ1n) is 8.28. The normalized spacial score (nSPS) is 22.5. The van der Waals surface area contributed by atoms with E-state index in [-0.39, 0.29) is 12.1 Å². The zero-order valence-corrected chi connectivity index (χ0v) is 14.3. The second-order valence-corrected chi connectivity index (χ2v) is 8.87. The third-order valence-corrected chi connectivity index (χ3v) is 6.30. The molecule has 1 N–H and O–H groups in total. The van der Waals surface area contributed by atoms with Crippen molar-refractivity contribution in [3.05, 3.63) is 35.4 Å². The van der Waals surface area contributed by atoms with Gasteiger partial charge in [-0.05, 0) is 24.0 Å². The van der Waals surface area contributed by atoms with Gasteiger partial charge in [0.25, 0.3) is 0 Å². The molecule has 0 bridgehead atoms. The van der Waals surface area contributed by atoms with Gasteiger partial charge < -0.3 is 10.2 Å². The molecule has 2 amide bonds. The van der Waals surface area contributed by atoms with Crippen LogP contribution in [0.2, 0.25) is 0 Å². The standard InChI is InChI=1S/C17H24N2O3S/c1-23(21,22)16-11-13-7-5-6-8-14(13)12-19(16)17(20)18-15-9-3-2-4-10-15/h5-8,15-16H,2-4,9-12H2,1H3,(H,18,20). The molecule has 23 heavy (non-hydrogen) atoms. The minimum atomic E-state index is -3.34. The van der Waals surface area contributed by atoms with Gasteiger partial charge in [-0.1, -0.05) is 43.5 Å². The van der Waals surface area contributed by atoms with E-state index in [0.717, 1.165) is 36.8 Å². The summed E-state index contributed by atoms with van der Waals surface area (Å²) in [4.78, 5) is 14.2. The van der Waals surface area contributed by atoms with Crippen molar-refractivity contribution in [3.8, 4) is 0 Å². The lowest BCUT2D eigenvalue weighted by Crippen LogP contribution is -2.54. The van der Waals surface area contributed by atoms with Crippen LogP contribution in [-0.4, -0.2) is 37.0 Å². The molecular formula is C17H24N2O3S. The van der Waals surface area contributed by atoms with Crippen molar-refractivity contribution in [1.29, 1.82) is 0 Å². The van der Waals surface area contributed by atoms with Gasteiger partial charge in [-0.15, -0.1) is 0 Å². The third-order valence-electron chi connectivity index (χ3n) is 4.89. The molecule has 0 aromatic heterocycles. The molecule has 126 valence electrons. The van der Waals surface area contributed by atoms with Crippen LogP contribution in [0.3, 0.4) is 0 Å². The van der Waals surface area contributed by atoms with E-state index >= 15 is 0 Å². The number of carbonyl (C=O) groups excluding carboxylic acids is 1. The van der Waals surface area contributed by atoms with E-state index < -0.39 is 15.2 Å². The number of amides is 2. The Bertz CT molecular complexity index is 681. The maximum Gasteiger partial charge on any atom is 0.319 e. The highest BCUT2D eigenvalue weighted by atomic mass is 32.2. The molecule has 0 spiro atoms. The summed E-state index contributed by atoms with van der Waals surface area (Å²) in [5, 5.41) is 2.27. The van der Waals surface area contributed by atoms with Crippen LogP contribution in [0.25, 0.3) is 0 Å². The predicted octanol–water partition coefficient (Wildman–Crippen LogP) is 2.46. The summed E-state index contributed by atoms with van der Waals surface area (Å²) >= 11 is 0. The Balaban J connectivity index is 1.81. The highest BCUT2D eigenvalue weighted by Gasteiger charge is 2.36. The summed E-state index contributed by atoms with van der Waals surface area (Å²) in [6, 6.07) is 7.68. The first kappa shape index (κ1) is 16.3. The van der Waals surface area contributed by atoms with Crippen molar-refractivity contribution >= 4 is 15.9 Å². The average Bonchev–Trinajstić information content (AvgIpc) is 2.53. The predicted molar refractivity (Wildman–Crippen MR) is 89.7 cm³/mol. The Hall–Kier alpha value is -1.56. The Morgan fingerprint density at radius 3 is 2.43 bits per heavy atom. The van der Waals surface area contributed by atoms with Gasteiger partial charge in [-0.2, -0.15) is 0 Å². The van der Waals surface area contributed by atoms with Gasteiger partial charge in [-0.3, -0.25) is 0 Å². The van der Waals surface area contributed by atoms with Crippen LogP contribution in [0.4, 0.5) is 4.79 Å². The minimum absolute atomic E-state index is 0.175. The topological polar surface area (TPSA) is 66.5 Å². The van der Waals surface area contributed by atoms with Crippen LogP contribution in [0, 0.1) is 0 Å². The van der Waals surface area contributed by atoms with Crippen LogP contribution >= 0.6 is 0 Å². The molecule has 6 heteroatoms. The number of carbonyl (C=O) groups is 1. The lowest BCUT2D eigenvalue weighted by atomic mass is 9.95. The molecule has 3 rings (SSSR count). The Kier molecular flexibility index (Phi) is 4.62. The molecular weight excluding hydrogens is 312 g/mol. The third kappa shape index (κ3) is 3.68. The molecule has 0 radical (unpaired) electrons. The first-order valence-corrected chi connectivity index (χ1v) is 10.2. The van der Waals surface area contributed by atoms with Crippen LogP contribution < -0.4 is 5.32 Å². The van der Waals surface area contributed by atoms with Crippen molar-refractivity contribution in [2.75, 3.05) is 6.26 Å². The number of urea groups is 1. The van der Waals surface area contributed by atoms with Gasteiger partial charge in [0.2, 0.25) is 0 Å². The maximum atomic E-state index is 12.7. The van der Waals surface area contributed by atoms with E-state index in [0.29, 0.717) is 13.0 Å². The molecule has 1 aliphatic carbocycles. The molecule has 1 saturated carbocycles. The minimum Gasteiger partial charge on any atom is -0.335 e. The summed E-state index contributed by atoms with van der Waals surface area (Å²) in [6.45, 7) is 0.354. The summed E-state index contributed by atoms with van der Waals surface area (Å²) < 4.78 is 24.4. The second kappa shape index (κ2) is 6.51. The molecule has 5 nitrogen and oxygen atoms in total. The van der Waals surface area contributed by atoms with E-state index in [9.17, 15) is 13.2 Å². The second-order valence-electron chi connectivity index (χ2n) is 6.67. The molecule has 1 atom stereocenters. The summed E-state index contributed by atoms with van der Waals surface area (Å²) in [5.74, 6) is 0. The summed E-state index contributed by atoms with van der Waals surface area (Å²) in [5.41, 5.74) is 2.05. The number of fused-ring (bicyclic) bond motifs is 1. The Labute approximate surface area is 138 Å². The number of hydrogen-bond acceptors (Lipinski definition) is 3. The number of rotatable bonds is 2. The van der Waals surface area contributed by atoms with Crippen molar-refractivity contribution in [2.45, 2.75) is 56.5 Å². The highest BCUT2D eigenvalue weighted by molar-refractivity contribution is 7.91. The SMILES string of the molecule is CS(=O)(=O)C1Cc2ccccc2CN1C(=O)NC1CCCCC1. The quantitative estimate of drug-likeness (QED) is 0.902. The van der Waals surface area contributed by atoms with E-state index in [4.69, 9.17) is 0 Å². The van der Waals surface area contributed by atoms with Gasteiger partial charge in [0.1, 0.15) is 5.37 Å². The lowest BCUT2D eigenvalue weighted by Gasteiger charge is -2.37. The highest BCUT2D eigenvalue weighted by Crippen LogP contribution is 2.26. The fourth-order valence-corrected chi connectivity index (χ4v) is 4.70. The number of nitrogens with one attached hydrogen (secondary N) is 1. The Morgan fingerprint density at radius 1 is 1.13 bits per heavy atom. The number of hydrogen-bond donors (Lipinski definition) is 1. The zero-order chi connectivity index (χ0) is 16.4. The maximum absolute atomic E-state index is 12.7. The van der Waals surface area contributed by atoms with E-state index in [1.165, 1.54) is 17.6 Å². The average molecular weight is 336 g/mol. The monoisotopic (exact) mass is 336 g/mol. The van der Waals surface area contributed by atoms with E-state index in [1.807, 2.05) is 24.3 Å². The first-order chi connectivity index (χ1) is 10.9. The van der Waals surface area contributed by atoms with Crippen molar-refractivity contribution in [3.63, 3.8) is 0 Å².